The van der Waals surface area contributed by atoms with Crippen molar-refractivity contribution >= 4 is 12.6 Å². The highest BCUT2D eigenvalue weighted by Gasteiger charge is 2.18. The Labute approximate surface area is 101 Å². The van der Waals surface area contributed by atoms with Crippen LogP contribution in [0.2, 0.25) is 0 Å². The van der Waals surface area contributed by atoms with E-state index >= 15 is 0 Å². The summed E-state index contributed by atoms with van der Waals surface area (Å²) in [5.41, 5.74) is 3.40. The molecule has 3 nitrogen and oxygen atoms in total. The van der Waals surface area contributed by atoms with Gasteiger partial charge in [-0.1, -0.05) is 6.92 Å². The lowest BCUT2D eigenvalue weighted by Crippen LogP contribution is -2.35. The summed E-state index contributed by atoms with van der Waals surface area (Å²) >= 11 is 4.21. The van der Waals surface area contributed by atoms with Gasteiger partial charge in [-0.05, 0) is 18.2 Å². The number of hydrogen-bond donors (Lipinski definition) is 1. The van der Waals surface area contributed by atoms with Crippen LogP contribution in [-0.2, 0) is 25.8 Å². The van der Waals surface area contributed by atoms with Crippen molar-refractivity contribution in [3.8, 4) is 0 Å². The maximum Gasteiger partial charge on any atom is 0.254 e. The Hall–Kier alpha value is -0.740. The van der Waals surface area contributed by atoms with Crippen LogP contribution in [0.3, 0.4) is 0 Å². The molecule has 0 N–H and O–H groups in total. The molecular formula is C12H18N2OS. The first-order valence-electron chi connectivity index (χ1n) is 5.71. The second-order valence-corrected chi connectivity index (χ2v) is 4.60. The molecule has 0 amide bonds. The normalized spacial score (nSPS) is 16.2. The second-order valence-electron chi connectivity index (χ2n) is 4.28. The van der Waals surface area contributed by atoms with Gasteiger partial charge in [0, 0.05) is 43.6 Å². The number of aromatic nitrogens is 1. The molecule has 0 radical (unpaired) electrons. The van der Waals surface area contributed by atoms with Crippen molar-refractivity contribution < 1.29 is 0 Å². The minimum atomic E-state index is 0.110. The molecule has 0 bridgehead atoms. The molecule has 0 fully saturated rings. The molecule has 1 aromatic heterocycles. The fraction of sp³-hybridized carbons (Fsp3) is 0.583. The molecule has 0 aliphatic carbocycles. The van der Waals surface area contributed by atoms with Crippen LogP contribution in [0.25, 0.3) is 0 Å². The van der Waals surface area contributed by atoms with Gasteiger partial charge in [0.2, 0.25) is 0 Å². The van der Waals surface area contributed by atoms with E-state index in [1.165, 1.54) is 11.3 Å². The number of nitrogens with zero attached hydrogens (tertiary/aromatic N) is 2. The Balaban J connectivity index is 2.49. The monoisotopic (exact) mass is 238 g/mol. The minimum Gasteiger partial charge on any atom is -0.315 e. The Morgan fingerprint density at radius 1 is 1.50 bits per heavy atom. The summed E-state index contributed by atoms with van der Waals surface area (Å²) in [6, 6.07) is 2.03. The van der Waals surface area contributed by atoms with Crippen molar-refractivity contribution in [3.63, 3.8) is 0 Å². The third kappa shape index (κ3) is 1.92. The molecule has 1 aliphatic heterocycles. The van der Waals surface area contributed by atoms with Crippen molar-refractivity contribution in [1.82, 2.24) is 9.47 Å². The molecule has 0 spiro atoms. The molecule has 16 heavy (non-hydrogen) atoms. The molecule has 1 aromatic rings. The maximum atomic E-state index is 11.9. The van der Waals surface area contributed by atoms with Crippen LogP contribution in [0.4, 0.5) is 0 Å². The number of hydrogen-bond acceptors (Lipinski definition) is 3. The molecule has 0 unspecified atom stereocenters. The first-order chi connectivity index (χ1) is 7.67. The maximum absolute atomic E-state index is 11.9. The van der Waals surface area contributed by atoms with E-state index in [-0.39, 0.29) is 5.56 Å². The SMILES string of the molecule is CCN1CCc2c(cc(CS)c(=O)n2C)C1. The molecule has 4 heteroatoms. The molecule has 0 aromatic carbocycles. The summed E-state index contributed by atoms with van der Waals surface area (Å²) in [6.07, 6.45) is 0.974. The highest BCUT2D eigenvalue weighted by Crippen LogP contribution is 2.18. The van der Waals surface area contributed by atoms with Gasteiger partial charge >= 0.3 is 0 Å². The van der Waals surface area contributed by atoms with Gasteiger partial charge in [-0.2, -0.15) is 12.6 Å². The Bertz CT molecular complexity index is 453. The summed E-state index contributed by atoms with van der Waals surface area (Å²) in [5, 5.41) is 0. The predicted octanol–water partition coefficient (Wildman–Crippen LogP) is 1.19. The first-order valence-corrected chi connectivity index (χ1v) is 6.34. The number of pyridine rings is 1. The quantitative estimate of drug-likeness (QED) is 0.783. The largest absolute Gasteiger partial charge is 0.315 e. The van der Waals surface area contributed by atoms with E-state index in [1.54, 1.807) is 4.57 Å². The minimum absolute atomic E-state index is 0.110. The lowest BCUT2D eigenvalue weighted by atomic mass is 10.0. The standard InChI is InChI=1S/C12H18N2OS/c1-3-14-5-4-11-9(7-14)6-10(8-16)12(15)13(11)2/h6,16H,3-5,7-8H2,1-2H3. The number of fused-ring (bicyclic) bond motifs is 1. The van der Waals surface area contributed by atoms with Crippen LogP contribution >= 0.6 is 12.6 Å². The van der Waals surface area contributed by atoms with Gasteiger partial charge in [0.05, 0.1) is 0 Å². The van der Waals surface area contributed by atoms with Crippen LogP contribution in [0, 0.1) is 0 Å². The van der Waals surface area contributed by atoms with E-state index in [1.807, 2.05) is 13.1 Å². The number of likely N-dealkylation sites (N-methyl/N-ethyl adjacent to an activating group) is 1. The summed E-state index contributed by atoms with van der Waals surface area (Å²) < 4.78 is 1.80. The van der Waals surface area contributed by atoms with Crippen LogP contribution in [0.1, 0.15) is 23.7 Å². The zero-order valence-corrected chi connectivity index (χ0v) is 10.8. The molecule has 2 rings (SSSR count). The Kier molecular flexibility index (Phi) is 3.40. The molecule has 0 saturated heterocycles. The zero-order chi connectivity index (χ0) is 11.7. The smallest absolute Gasteiger partial charge is 0.254 e. The average Bonchev–Trinajstić information content (AvgIpc) is 2.33. The lowest BCUT2D eigenvalue weighted by molar-refractivity contribution is 0.262. The predicted molar refractivity (Wildman–Crippen MR) is 69.0 cm³/mol. The van der Waals surface area contributed by atoms with Crippen LogP contribution in [0.15, 0.2) is 10.9 Å². The Morgan fingerprint density at radius 3 is 2.88 bits per heavy atom. The summed E-state index contributed by atoms with van der Waals surface area (Å²) in [5.74, 6) is 0.520. The van der Waals surface area contributed by atoms with Gasteiger partial charge in [-0.3, -0.25) is 9.69 Å². The number of rotatable bonds is 2. The molecule has 2 heterocycles. The van der Waals surface area contributed by atoms with Gasteiger partial charge in [0.1, 0.15) is 0 Å². The molecule has 0 atom stereocenters. The first kappa shape index (κ1) is 11.7. The van der Waals surface area contributed by atoms with E-state index in [9.17, 15) is 4.79 Å². The second kappa shape index (κ2) is 4.63. The van der Waals surface area contributed by atoms with Gasteiger partial charge in [-0.25, -0.2) is 0 Å². The van der Waals surface area contributed by atoms with E-state index in [4.69, 9.17) is 0 Å². The zero-order valence-electron chi connectivity index (χ0n) is 9.86. The third-order valence-electron chi connectivity index (χ3n) is 3.38. The van der Waals surface area contributed by atoms with E-state index in [2.05, 4.69) is 24.5 Å². The summed E-state index contributed by atoms with van der Waals surface area (Å²) in [6.45, 7) is 5.25. The van der Waals surface area contributed by atoms with E-state index in [0.29, 0.717) is 5.75 Å². The molecule has 0 saturated carbocycles. The topological polar surface area (TPSA) is 25.2 Å². The van der Waals surface area contributed by atoms with E-state index in [0.717, 1.165) is 31.6 Å². The van der Waals surface area contributed by atoms with Crippen LogP contribution in [0.5, 0.6) is 0 Å². The fourth-order valence-corrected chi connectivity index (χ4v) is 2.57. The van der Waals surface area contributed by atoms with Gasteiger partial charge in [-0.15, -0.1) is 0 Å². The fourth-order valence-electron chi connectivity index (χ4n) is 2.34. The van der Waals surface area contributed by atoms with Crippen molar-refractivity contribution in [2.24, 2.45) is 7.05 Å². The molecule has 1 aliphatic rings. The lowest BCUT2D eigenvalue weighted by Gasteiger charge is -2.29. The van der Waals surface area contributed by atoms with Gasteiger partial charge in [0.15, 0.2) is 0 Å². The highest BCUT2D eigenvalue weighted by molar-refractivity contribution is 7.79. The molecular weight excluding hydrogens is 220 g/mol. The van der Waals surface area contributed by atoms with Crippen molar-refractivity contribution in [3.05, 3.63) is 33.2 Å². The van der Waals surface area contributed by atoms with Crippen molar-refractivity contribution in [2.75, 3.05) is 13.1 Å². The van der Waals surface area contributed by atoms with Gasteiger partial charge < -0.3 is 4.57 Å². The van der Waals surface area contributed by atoms with Crippen molar-refractivity contribution in [2.45, 2.75) is 25.6 Å². The number of thiol groups is 1. The summed E-state index contributed by atoms with van der Waals surface area (Å²) in [4.78, 5) is 14.3. The third-order valence-corrected chi connectivity index (χ3v) is 3.72. The summed E-state index contributed by atoms with van der Waals surface area (Å²) in [7, 11) is 1.87. The van der Waals surface area contributed by atoms with Gasteiger partial charge in [0.25, 0.3) is 5.56 Å². The Morgan fingerprint density at radius 2 is 2.25 bits per heavy atom. The van der Waals surface area contributed by atoms with Crippen LogP contribution in [-0.4, -0.2) is 22.6 Å². The van der Waals surface area contributed by atoms with E-state index < -0.39 is 0 Å². The highest BCUT2D eigenvalue weighted by atomic mass is 32.1. The average molecular weight is 238 g/mol. The van der Waals surface area contributed by atoms with Crippen molar-refractivity contribution in [1.29, 1.82) is 0 Å². The molecule has 88 valence electrons. The van der Waals surface area contributed by atoms with Crippen LogP contribution < -0.4 is 5.56 Å².